The van der Waals surface area contributed by atoms with Gasteiger partial charge in [0.1, 0.15) is 17.6 Å². The van der Waals surface area contributed by atoms with Gasteiger partial charge < -0.3 is 15.4 Å². The van der Waals surface area contributed by atoms with Crippen LogP contribution in [-0.2, 0) is 4.79 Å². The van der Waals surface area contributed by atoms with Gasteiger partial charge in [-0.15, -0.1) is 0 Å². The maximum Gasteiger partial charge on any atom is 0.248 e. The van der Waals surface area contributed by atoms with Gasteiger partial charge in [-0.3, -0.25) is 14.7 Å². The number of fused-ring (bicyclic) bond motifs is 1. The smallest absolute Gasteiger partial charge is 0.248 e. The maximum absolute atomic E-state index is 13.6. The molecular formula is C28H29ClFN5O2. The molecule has 0 radical (unpaired) electrons. The standard InChI is InChI=1S/C28H29ClFN5O2/c1-17-6-4-7-18(2)35(17)11-5-8-27(36)34-25-13-21-24(14-26(25)37-3)32-16-19(15-31)28(21)33-20-9-10-23(30)22(29)12-20/h5,8-10,12-14,16-18H,4,6-7,11H2,1-3H3,(H,32,33)(H,34,36). The third-order valence-electron chi connectivity index (χ3n) is 6.72. The quantitative estimate of drug-likeness (QED) is 0.349. The SMILES string of the molecule is COc1cc2ncc(C#N)c(Nc3ccc(F)c(Cl)c3)c2cc1NC(=O)C=CCN1C(C)CCCC1C. The molecule has 1 aliphatic rings. The topological polar surface area (TPSA) is 90.3 Å². The number of anilines is 3. The number of likely N-dealkylation sites (tertiary alicyclic amines) is 1. The predicted molar refractivity (Wildman–Crippen MR) is 145 cm³/mol. The Morgan fingerprint density at radius 3 is 2.73 bits per heavy atom. The van der Waals surface area contributed by atoms with Crippen molar-refractivity contribution < 1.29 is 13.9 Å². The number of carbonyl (C=O) groups is 1. The number of ether oxygens (including phenoxy) is 1. The molecule has 2 atom stereocenters. The molecule has 0 aliphatic carbocycles. The van der Waals surface area contributed by atoms with Crippen LogP contribution in [0.15, 0.2) is 48.7 Å². The number of nitrogens with zero attached hydrogens (tertiary/aromatic N) is 3. The minimum Gasteiger partial charge on any atom is -0.494 e. The number of piperidine rings is 1. The molecule has 0 bridgehead atoms. The first-order chi connectivity index (χ1) is 17.8. The van der Waals surface area contributed by atoms with Crippen LogP contribution in [0.3, 0.4) is 0 Å². The van der Waals surface area contributed by atoms with Crippen LogP contribution in [-0.4, -0.2) is 41.5 Å². The number of halogens is 2. The van der Waals surface area contributed by atoms with Gasteiger partial charge in [0.25, 0.3) is 0 Å². The number of methoxy groups -OCH3 is 1. The summed E-state index contributed by atoms with van der Waals surface area (Å²) in [4.78, 5) is 19.6. The molecule has 1 amide bonds. The van der Waals surface area contributed by atoms with E-state index >= 15 is 0 Å². The van der Waals surface area contributed by atoms with Crippen molar-refractivity contribution in [1.29, 1.82) is 5.26 Å². The number of rotatable bonds is 7. The van der Waals surface area contributed by atoms with Crippen molar-refractivity contribution in [3.8, 4) is 11.8 Å². The van der Waals surface area contributed by atoms with Crippen molar-refractivity contribution in [2.45, 2.75) is 45.2 Å². The molecule has 0 spiro atoms. The van der Waals surface area contributed by atoms with E-state index < -0.39 is 5.82 Å². The Bertz CT molecular complexity index is 1380. The number of carbonyl (C=O) groups excluding carboxylic acids is 1. The molecule has 1 fully saturated rings. The zero-order chi connectivity index (χ0) is 26.5. The van der Waals surface area contributed by atoms with Crippen molar-refractivity contribution >= 4 is 45.5 Å². The Labute approximate surface area is 220 Å². The first kappa shape index (κ1) is 26.4. The largest absolute Gasteiger partial charge is 0.494 e. The first-order valence-corrected chi connectivity index (χ1v) is 12.5. The number of hydrogen-bond acceptors (Lipinski definition) is 6. The highest BCUT2D eigenvalue weighted by Crippen LogP contribution is 2.36. The van der Waals surface area contributed by atoms with E-state index in [1.807, 2.05) is 6.08 Å². The molecular weight excluding hydrogens is 493 g/mol. The summed E-state index contributed by atoms with van der Waals surface area (Å²) in [6.07, 6.45) is 8.41. The Morgan fingerprint density at radius 2 is 2.05 bits per heavy atom. The van der Waals surface area contributed by atoms with Gasteiger partial charge in [-0.1, -0.05) is 24.1 Å². The van der Waals surface area contributed by atoms with Gasteiger partial charge in [-0.25, -0.2) is 4.39 Å². The average molecular weight is 522 g/mol. The van der Waals surface area contributed by atoms with Gasteiger partial charge in [-0.05, 0) is 51.0 Å². The van der Waals surface area contributed by atoms with Gasteiger partial charge >= 0.3 is 0 Å². The summed E-state index contributed by atoms with van der Waals surface area (Å²) in [5.74, 6) is -0.404. The second kappa shape index (κ2) is 11.6. The zero-order valence-corrected chi connectivity index (χ0v) is 21.8. The van der Waals surface area contributed by atoms with Gasteiger partial charge in [0.05, 0.1) is 34.6 Å². The van der Waals surface area contributed by atoms with Crippen LogP contribution >= 0.6 is 11.6 Å². The lowest BCUT2D eigenvalue weighted by Gasteiger charge is -2.38. The van der Waals surface area contributed by atoms with Crippen molar-refractivity contribution in [3.05, 3.63) is 65.1 Å². The number of nitrogens with one attached hydrogen (secondary N) is 2. The summed E-state index contributed by atoms with van der Waals surface area (Å²) in [5.41, 5.74) is 2.22. The van der Waals surface area contributed by atoms with Crippen molar-refractivity contribution in [2.24, 2.45) is 0 Å². The molecule has 1 aromatic heterocycles. The molecule has 1 aliphatic heterocycles. The third-order valence-corrected chi connectivity index (χ3v) is 7.01. The second-order valence-electron chi connectivity index (χ2n) is 9.20. The van der Waals surface area contributed by atoms with E-state index in [0.717, 1.165) is 12.8 Å². The fourth-order valence-electron chi connectivity index (χ4n) is 4.71. The summed E-state index contributed by atoms with van der Waals surface area (Å²) in [5, 5.41) is 16.2. The zero-order valence-electron chi connectivity index (χ0n) is 21.0. The van der Waals surface area contributed by atoms with E-state index in [9.17, 15) is 14.4 Å². The van der Waals surface area contributed by atoms with Crippen molar-refractivity contribution in [1.82, 2.24) is 9.88 Å². The monoisotopic (exact) mass is 521 g/mol. The molecule has 37 heavy (non-hydrogen) atoms. The van der Waals surface area contributed by atoms with E-state index in [0.29, 0.717) is 52.3 Å². The molecule has 3 aromatic rings. The fraction of sp³-hybridized carbons (Fsp3) is 0.321. The molecule has 4 rings (SSSR count). The molecule has 2 N–H and O–H groups in total. The predicted octanol–water partition coefficient (Wildman–Crippen LogP) is 6.41. The molecule has 7 nitrogen and oxygen atoms in total. The van der Waals surface area contributed by atoms with Gasteiger partial charge in [-0.2, -0.15) is 5.26 Å². The summed E-state index contributed by atoms with van der Waals surface area (Å²) in [6.45, 7) is 5.14. The van der Waals surface area contributed by atoms with Crippen molar-refractivity contribution in [3.63, 3.8) is 0 Å². The van der Waals surface area contributed by atoms with E-state index in [4.69, 9.17) is 16.3 Å². The lowest BCUT2D eigenvalue weighted by atomic mass is 9.98. The summed E-state index contributed by atoms with van der Waals surface area (Å²) in [7, 11) is 1.51. The fourth-order valence-corrected chi connectivity index (χ4v) is 4.90. The first-order valence-electron chi connectivity index (χ1n) is 12.2. The average Bonchev–Trinajstić information content (AvgIpc) is 2.88. The lowest BCUT2D eigenvalue weighted by Crippen LogP contribution is -2.43. The minimum atomic E-state index is -0.542. The molecule has 2 unspecified atom stereocenters. The second-order valence-corrected chi connectivity index (χ2v) is 9.61. The normalized spacial score (nSPS) is 18.1. The molecule has 0 saturated carbocycles. The van der Waals surface area contributed by atoms with Crippen LogP contribution in [0.1, 0.15) is 38.7 Å². The van der Waals surface area contributed by atoms with E-state index in [1.54, 1.807) is 12.1 Å². The van der Waals surface area contributed by atoms with E-state index in [2.05, 4.69) is 40.4 Å². The Hall–Kier alpha value is -3.67. The Kier molecular flexibility index (Phi) is 8.27. The van der Waals surface area contributed by atoms with Gasteiger partial charge in [0.15, 0.2) is 0 Å². The number of pyridine rings is 1. The molecule has 2 heterocycles. The molecule has 9 heteroatoms. The highest BCUT2D eigenvalue weighted by atomic mass is 35.5. The van der Waals surface area contributed by atoms with Crippen LogP contribution in [0.25, 0.3) is 10.9 Å². The van der Waals surface area contributed by atoms with E-state index in [-0.39, 0.29) is 16.5 Å². The van der Waals surface area contributed by atoms with Crippen LogP contribution in [0.5, 0.6) is 5.75 Å². The molecule has 1 saturated heterocycles. The third kappa shape index (κ3) is 6.01. The van der Waals surface area contributed by atoms with Gasteiger partial charge in [0, 0.05) is 48.0 Å². The minimum absolute atomic E-state index is 0.0448. The van der Waals surface area contributed by atoms with Crippen molar-refractivity contribution in [2.75, 3.05) is 24.3 Å². The van der Waals surface area contributed by atoms with Gasteiger partial charge in [0.2, 0.25) is 5.91 Å². The maximum atomic E-state index is 13.6. The highest BCUT2D eigenvalue weighted by Gasteiger charge is 2.23. The van der Waals surface area contributed by atoms with Crippen LogP contribution in [0.4, 0.5) is 21.5 Å². The number of benzene rings is 2. The number of aromatic nitrogens is 1. The number of nitriles is 1. The van der Waals surface area contributed by atoms with E-state index in [1.165, 1.54) is 44.0 Å². The Morgan fingerprint density at radius 1 is 1.30 bits per heavy atom. The van der Waals surface area contributed by atoms with Crippen LogP contribution < -0.4 is 15.4 Å². The highest BCUT2D eigenvalue weighted by molar-refractivity contribution is 6.31. The molecule has 192 valence electrons. The Balaban J connectivity index is 1.62. The number of hydrogen-bond donors (Lipinski definition) is 2. The number of amides is 1. The lowest BCUT2D eigenvalue weighted by molar-refractivity contribution is -0.111. The summed E-state index contributed by atoms with van der Waals surface area (Å²) >= 11 is 5.94. The summed E-state index contributed by atoms with van der Waals surface area (Å²) < 4.78 is 19.1. The van der Waals surface area contributed by atoms with Crippen LogP contribution in [0, 0.1) is 17.1 Å². The molecule has 2 aromatic carbocycles. The van der Waals surface area contributed by atoms with Crippen LogP contribution in [0.2, 0.25) is 5.02 Å². The summed E-state index contributed by atoms with van der Waals surface area (Å²) in [6, 6.07) is 10.7.